The second kappa shape index (κ2) is 8.06. The van der Waals surface area contributed by atoms with Gasteiger partial charge in [-0.05, 0) is 30.7 Å². The van der Waals surface area contributed by atoms with Gasteiger partial charge in [-0.3, -0.25) is 0 Å². The third-order valence-corrected chi connectivity index (χ3v) is 3.19. The van der Waals surface area contributed by atoms with Crippen molar-refractivity contribution >= 4 is 27.5 Å². The Kier molecular flexibility index (Phi) is 7.08. The summed E-state index contributed by atoms with van der Waals surface area (Å²) in [7, 11) is 1.58. The van der Waals surface area contributed by atoms with Gasteiger partial charge in [0, 0.05) is 23.1 Å². The van der Waals surface area contributed by atoms with Crippen LogP contribution >= 0.6 is 27.5 Å². The molecule has 0 bridgehead atoms. The van der Waals surface area contributed by atoms with Crippen LogP contribution in [-0.4, -0.2) is 31.5 Å². The Morgan fingerprint density at radius 1 is 1.53 bits per heavy atom. The molecular formula is C12H17BrClNO2. The van der Waals surface area contributed by atoms with Crippen molar-refractivity contribution in [2.75, 3.05) is 20.3 Å². The molecule has 0 amide bonds. The molecule has 96 valence electrons. The van der Waals surface area contributed by atoms with Crippen LogP contribution in [0.5, 0.6) is 0 Å². The van der Waals surface area contributed by atoms with Gasteiger partial charge >= 0.3 is 0 Å². The third kappa shape index (κ3) is 5.84. The minimum Gasteiger partial charge on any atom is -0.391 e. The highest BCUT2D eigenvalue weighted by atomic mass is 79.9. The second-order valence-electron chi connectivity index (χ2n) is 3.81. The molecule has 0 aromatic heterocycles. The van der Waals surface area contributed by atoms with Crippen LogP contribution in [0.3, 0.4) is 0 Å². The summed E-state index contributed by atoms with van der Waals surface area (Å²) in [6.45, 7) is 1.81. The van der Waals surface area contributed by atoms with Crippen molar-refractivity contribution < 1.29 is 9.84 Å². The lowest BCUT2D eigenvalue weighted by Gasteiger charge is -2.10. The molecule has 0 saturated heterocycles. The molecule has 1 aromatic carbocycles. The summed E-state index contributed by atoms with van der Waals surface area (Å²) in [5.74, 6) is 0. The van der Waals surface area contributed by atoms with Crippen molar-refractivity contribution in [3.8, 4) is 0 Å². The Morgan fingerprint density at radius 3 is 2.94 bits per heavy atom. The number of rotatable bonds is 7. The minimum absolute atomic E-state index is 0.376. The van der Waals surface area contributed by atoms with Crippen molar-refractivity contribution in [2.24, 2.45) is 0 Å². The Morgan fingerprint density at radius 2 is 2.29 bits per heavy atom. The molecule has 0 aliphatic carbocycles. The quantitative estimate of drug-likeness (QED) is 0.758. The summed E-state index contributed by atoms with van der Waals surface area (Å²) in [6.07, 6.45) is 0.259. The number of aliphatic hydroxyl groups is 1. The second-order valence-corrected chi connectivity index (χ2v) is 5.13. The van der Waals surface area contributed by atoms with Crippen LogP contribution in [0.25, 0.3) is 0 Å². The van der Waals surface area contributed by atoms with Crippen LogP contribution in [0.2, 0.25) is 5.02 Å². The van der Waals surface area contributed by atoms with E-state index < -0.39 is 6.10 Å². The van der Waals surface area contributed by atoms with E-state index in [-0.39, 0.29) is 0 Å². The van der Waals surface area contributed by atoms with Crippen LogP contribution < -0.4 is 5.32 Å². The van der Waals surface area contributed by atoms with Gasteiger partial charge < -0.3 is 15.2 Å². The van der Waals surface area contributed by atoms with Gasteiger partial charge in [0.25, 0.3) is 0 Å². The third-order valence-electron chi connectivity index (χ3n) is 2.34. The number of halogens is 2. The summed E-state index contributed by atoms with van der Waals surface area (Å²) in [5.41, 5.74) is 1.05. The smallest absolute Gasteiger partial charge is 0.0785 e. The van der Waals surface area contributed by atoms with E-state index in [1.807, 2.05) is 18.2 Å². The average molecular weight is 323 g/mol. The molecule has 5 heteroatoms. The van der Waals surface area contributed by atoms with E-state index in [9.17, 15) is 5.11 Å². The zero-order valence-electron chi connectivity index (χ0n) is 9.75. The predicted octanol–water partition coefficient (Wildman–Crippen LogP) is 2.59. The number of hydrogen-bond acceptors (Lipinski definition) is 3. The maximum absolute atomic E-state index is 9.44. The fourth-order valence-electron chi connectivity index (χ4n) is 1.43. The highest BCUT2D eigenvalue weighted by Gasteiger charge is 2.03. The maximum Gasteiger partial charge on any atom is 0.0785 e. The molecule has 3 nitrogen and oxygen atoms in total. The topological polar surface area (TPSA) is 41.5 Å². The average Bonchev–Trinajstić information content (AvgIpc) is 2.27. The van der Waals surface area contributed by atoms with Gasteiger partial charge in [-0.25, -0.2) is 0 Å². The van der Waals surface area contributed by atoms with Crippen LogP contribution in [-0.2, 0) is 11.3 Å². The Labute approximate surface area is 115 Å². The van der Waals surface area contributed by atoms with Crippen LogP contribution in [0.4, 0.5) is 0 Å². The number of benzene rings is 1. The zero-order chi connectivity index (χ0) is 12.7. The lowest BCUT2D eigenvalue weighted by Crippen LogP contribution is -2.23. The molecule has 2 N–H and O–H groups in total. The molecule has 0 radical (unpaired) electrons. The fourth-order valence-corrected chi connectivity index (χ4v) is 2.17. The van der Waals surface area contributed by atoms with Gasteiger partial charge in [-0.1, -0.05) is 33.6 Å². The van der Waals surface area contributed by atoms with Crippen molar-refractivity contribution in [3.63, 3.8) is 0 Å². The van der Waals surface area contributed by atoms with Crippen molar-refractivity contribution in [1.82, 2.24) is 5.32 Å². The van der Waals surface area contributed by atoms with Gasteiger partial charge in [-0.2, -0.15) is 0 Å². The zero-order valence-corrected chi connectivity index (χ0v) is 12.1. The maximum atomic E-state index is 9.44. The van der Waals surface area contributed by atoms with Crippen LogP contribution in [0.15, 0.2) is 22.7 Å². The van der Waals surface area contributed by atoms with Gasteiger partial charge in [0.15, 0.2) is 0 Å². The summed E-state index contributed by atoms with van der Waals surface area (Å²) in [6, 6.07) is 5.81. The van der Waals surface area contributed by atoms with Gasteiger partial charge in [0.2, 0.25) is 0 Å². The predicted molar refractivity (Wildman–Crippen MR) is 73.4 cm³/mol. The number of methoxy groups -OCH3 is 1. The molecule has 17 heavy (non-hydrogen) atoms. The number of aliphatic hydroxyl groups excluding tert-OH is 1. The molecular weight excluding hydrogens is 305 g/mol. The van der Waals surface area contributed by atoms with Gasteiger partial charge in [0.05, 0.1) is 12.7 Å². The van der Waals surface area contributed by atoms with E-state index in [2.05, 4.69) is 21.2 Å². The highest BCUT2D eigenvalue weighted by molar-refractivity contribution is 9.10. The first-order chi connectivity index (χ1) is 8.13. The summed E-state index contributed by atoms with van der Waals surface area (Å²) >= 11 is 9.44. The Balaban J connectivity index is 2.26. The summed E-state index contributed by atoms with van der Waals surface area (Å²) < 4.78 is 5.82. The molecule has 1 unspecified atom stereocenters. The van der Waals surface area contributed by atoms with Crippen molar-refractivity contribution in [1.29, 1.82) is 0 Å². The first kappa shape index (κ1) is 14.9. The first-order valence-electron chi connectivity index (χ1n) is 5.45. The minimum atomic E-state index is -0.409. The molecule has 1 atom stereocenters. The Bertz CT molecular complexity index is 349. The van der Waals surface area contributed by atoms with E-state index in [1.165, 1.54) is 0 Å². The van der Waals surface area contributed by atoms with Crippen molar-refractivity contribution in [3.05, 3.63) is 33.3 Å². The summed E-state index contributed by atoms with van der Waals surface area (Å²) in [5, 5.41) is 13.4. The number of nitrogens with one attached hydrogen (secondary N) is 1. The molecule has 0 aliphatic rings. The largest absolute Gasteiger partial charge is 0.391 e. The summed E-state index contributed by atoms with van der Waals surface area (Å²) in [4.78, 5) is 0. The first-order valence-corrected chi connectivity index (χ1v) is 6.62. The number of ether oxygens (including phenoxy) is 1. The van der Waals surface area contributed by atoms with E-state index in [0.717, 1.165) is 21.6 Å². The van der Waals surface area contributed by atoms with E-state index in [1.54, 1.807) is 7.11 Å². The molecule has 0 saturated carbocycles. The Hall–Kier alpha value is -0.130. The lowest BCUT2D eigenvalue weighted by atomic mass is 10.2. The lowest BCUT2D eigenvalue weighted by molar-refractivity contribution is 0.0594. The van der Waals surface area contributed by atoms with Gasteiger partial charge in [0.1, 0.15) is 0 Å². The molecule has 0 aliphatic heterocycles. The molecule has 0 fully saturated rings. The normalized spacial score (nSPS) is 12.7. The molecule has 1 aromatic rings. The van der Waals surface area contributed by atoms with Crippen LogP contribution in [0, 0.1) is 0 Å². The monoisotopic (exact) mass is 321 g/mol. The van der Waals surface area contributed by atoms with E-state index in [0.29, 0.717) is 19.6 Å². The van der Waals surface area contributed by atoms with Gasteiger partial charge in [-0.15, -0.1) is 0 Å². The van der Waals surface area contributed by atoms with E-state index in [4.69, 9.17) is 16.3 Å². The highest BCUT2D eigenvalue weighted by Crippen LogP contribution is 2.21. The molecule has 0 spiro atoms. The fraction of sp³-hybridized carbons (Fsp3) is 0.500. The standard InChI is InChI=1S/C12H17BrClNO2/c1-17-8-11(16)4-5-15-7-9-2-3-10(13)6-12(9)14/h2-3,6,11,15-16H,4-5,7-8H2,1H3. The molecule has 0 heterocycles. The molecule has 1 rings (SSSR count). The number of hydrogen-bond donors (Lipinski definition) is 2. The van der Waals surface area contributed by atoms with Crippen molar-refractivity contribution in [2.45, 2.75) is 19.1 Å². The van der Waals surface area contributed by atoms with Crippen LogP contribution in [0.1, 0.15) is 12.0 Å². The van der Waals surface area contributed by atoms with E-state index >= 15 is 0 Å². The SMILES string of the molecule is COCC(O)CCNCc1ccc(Br)cc1Cl.